The highest BCUT2D eigenvalue weighted by molar-refractivity contribution is 7.11. The van der Waals surface area contributed by atoms with E-state index in [0.717, 1.165) is 54.7 Å². The van der Waals surface area contributed by atoms with Crippen LogP contribution in [0.15, 0.2) is 0 Å². The van der Waals surface area contributed by atoms with Gasteiger partial charge in [-0.1, -0.05) is 0 Å². The van der Waals surface area contributed by atoms with Gasteiger partial charge in [0.25, 0.3) is 0 Å². The van der Waals surface area contributed by atoms with Crippen molar-refractivity contribution in [3.8, 4) is 0 Å². The van der Waals surface area contributed by atoms with Gasteiger partial charge in [-0.25, -0.2) is 4.98 Å². The number of rotatable bonds is 5. The van der Waals surface area contributed by atoms with Crippen molar-refractivity contribution in [2.75, 3.05) is 39.8 Å². The van der Waals surface area contributed by atoms with E-state index in [1.54, 1.807) is 11.3 Å². The van der Waals surface area contributed by atoms with Crippen LogP contribution >= 0.6 is 11.3 Å². The first-order chi connectivity index (χ1) is 9.04. The number of aromatic nitrogens is 1. The standard InChI is InChI=1S/C13H21N3O2S/c1-10-11(9-13(17)18)19-12(14-10)3-4-16-7-5-15(2)6-8-16/h3-9H2,1-2H3,(H,17,18). The molecule has 1 saturated heterocycles. The Morgan fingerprint density at radius 2 is 2.05 bits per heavy atom. The maximum atomic E-state index is 10.7. The Morgan fingerprint density at radius 3 is 2.68 bits per heavy atom. The van der Waals surface area contributed by atoms with Crippen molar-refractivity contribution >= 4 is 17.3 Å². The first-order valence-corrected chi connectivity index (χ1v) is 7.44. The zero-order valence-electron chi connectivity index (χ0n) is 11.6. The smallest absolute Gasteiger partial charge is 0.308 e. The quantitative estimate of drug-likeness (QED) is 0.869. The second kappa shape index (κ2) is 6.45. The predicted molar refractivity (Wildman–Crippen MR) is 75.8 cm³/mol. The van der Waals surface area contributed by atoms with Gasteiger partial charge < -0.3 is 14.9 Å². The molecule has 0 atom stereocenters. The van der Waals surface area contributed by atoms with Crippen LogP contribution in [-0.4, -0.2) is 65.6 Å². The van der Waals surface area contributed by atoms with Crippen molar-refractivity contribution < 1.29 is 9.90 Å². The van der Waals surface area contributed by atoms with Gasteiger partial charge in [0, 0.05) is 44.0 Å². The first kappa shape index (κ1) is 14.4. The Kier molecular flexibility index (Phi) is 4.90. The molecule has 1 aromatic rings. The van der Waals surface area contributed by atoms with Crippen LogP contribution in [0.25, 0.3) is 0 Å². The van der Waals surface area contributed by atoms with Crippen LogP contribution in [0.3, 0.4) is 0 Å². The number of piperazine rings is 1. The summed E-state index contributed by atoms with van der Waals surface area (Å²) in [7, 11) is 2.15. The minimum Gasteiger partial charge on any atom is -0.481 e. The van der Waals surface area contributed by atoms with E-state index in [2.05, 4.69) is 21.8 Å². The van der Waals surface area contributed by atoms with E-state index in [9.17, 15) is 4.79 Å². The zero-order valence-corrected chi connectivity index (χ0v) is 12.4. The molecule has 0 spiro atoms. The number of thiazole rings is 1. The molecular formula is C13H21N3O2S. The molecule has 1 fully saturated rings. The number of aliphatic carboxylic acids is 1. The lowest BCUT2D eigenvalue weighted by molar-refractivity contribution is -0.136. The Bertz CT molecular complexity index is 439. The third-order valence-corrected chi connectivity index (χ3v) is 4.70. The van der Waals surface area contributed by atoms with Crippen LogP contribution in [0.4, 0.5) is 0 Å². The number of hydrogen-bond donors (Lipinski definition) is 1. The van der Waals surface area contributed by atoms with Crippen molar-refractivity contribution in [2.45, 2.75) is 19.8 Å². The number of carbonyl (C=O) groups is 1. The van der Waals surface area contributed by atoms with Gasteiger partial charge in [0.1, 0.15) is 0 Å². The fraction of sp³-hybridized carbons (Fsp3) is 0.692. The lowest BCUT2D eigenvalue weighted by atomic mass is 10.3. The molecule has 1 aliphatic heterocycles. The summed E-state index contributed by atoms with van der Waals surface area (Å²) in [6.07, 6.45) is 1.02. The van der Waals surface area contributed by atoms with Crippen LogP contribution < -0.4 is 0 Å². The molecule has 1 aromatic heterocycles. The van der Waals surface area contributed by atoms with E-state index >= 15 is 0 Å². The molecule has 0 radical (unpaired) electrons. The van der Waals surface area contributed by atoms with Crippen molar-refractivity contribution in [1.29, 1.82) is 0 Å². The molecule has 6 heteroatoms. The van der Waals surface area contributed by atoms with E-state index in [4.69, 9.17) is 5.11 Å². The minimum absolute atomic E-state index is 0.0952. The van der Waals surface area contributed by atoms with Crippen LogP contribution in [0.5, 0.6) is 0 Å². The average molecular weight is 283 g/mol. The number of carboxylic acids is 1. The van der Waals surface area contributed by atoms with E-state index in [1.807, 2.05) is 6.92 Å². The van der Waals surface area contributed by atoms with E-state index in [0.29, 0.717) is 0 Å². The molecule has 0 aliphatic carbocycles. The first-order valence-electron chi connectivity index (χ1n) is 6.62. The molecular weight excluding hydrogens is 262 g/mol. The van der Waals surface area contributed by atoms with Gasteiger partial charge >= 0.3 is 5.97 Å². The van der Waals surface area contributed by atoms with Gasteiger partial charge in [0.2, 0.25) is 0 Å². The summed E-state index contributed by atoms with van der Waals surface area (Å²) in [6, 6.07) is 0. The van der Waals surface area contributed by atoms with Gasteiger partial charge in [0.05, 0.1) is 17.1 Å². The Morgan fingerprint density at radius 1 is 1.37 bits per heavy atom. The van der Waals surface area contributed by atoms with E-state index in [1.165, 1.54) is 0 Å². The molecule has 0 amide bonds. The number of aryl methyl sites for hydroxylation is 1. The fourth-order valence-electron chi connectivity index (χ4n) is 2.22. The second-order valence-electron chi connectivity index (χ2n) is 5.08. The maximum Gasteiger partial charge on any atom is 0.308 e. The van der Waals surface area contributed by atoms with Crippen molar-refractivity contribution in [3.05, 3.63) is 15.6 Å². The van der Waals surface area contributed by atoms with E-state index in [-0.39, 0.29) is 6.42 Å². The van der Waals surface area contributed by atoms with E-state index < -0.39 is 5.97 Å². The van der Waals surface area contributed by atoms with Crippen LogP contribution in [-0.2, 0) is 17.6 Å². The number of carboxylic acid groups (broad SMARTS) is 1. The molecule has 0 aromatic carbocycles. The molecule has 5 nitrogen and oxygen atoms in total. The highest BCUT2D eigenvalue weighted by Gasteiger charge is 2.15. The Labute approximate surface area is 117 Å². The normalized spacial score (nSPS) is 17.8. The summed E-state index contributed by atoms with van der Waals surface area (Å²) < 4.78 is 0. The summed E-state index contributed by atoms with van der Waals surface area (Å²) >= 11 is 1.55. The SMILES string of the molecule is Cc1nc(CCN2CCN(C)CC2)sc1CC(=O)O. The minimum atomic E-state index is -0.780. The highest BCUT2D eigenvalue weighted by Crippen LogP contribution is 2.19. The van der Waals surface area contributed by atoms with Gasteiger partial charge in [-0.05, 0) is 14.0 Å². The molecule has 1 N–H and O–H groups in total. The molecule has 106 valence electrons. The van der Waals surface area contributed by atoms with Crippen molar-refractivity contribution in [2.24, 2.45) is 0 Å². The summed E-state index contributed by atoms with van der Waals surface area (Å²) in [4.78, 5) is 20.9. The molecule has 0 saturated carbocycles. The number of hydrogen-bond acceptors (Lipinski definition) is 5. The summed E-state index contributed by atoms with van der Waals surface area (Å²) in [6.45, 7) is 7.40. The fourth-order valence-corrected chi connectivity index (χ4v) is 3.27. The summed E-state index contributed by atoms with van der Waals surface area (Å²) in [5, 5.41) is 9.89. The van der Waals surface area contributed by atoms with Gasteiger partial charge in [0.15, 0.2) is 0 Å². The average Bonchev–Trinajstić information content (AvgIpc) is 2.69. The Hall–Kier alpha value is -0.980. The molecule has 0 unspecified atom stereocenters. The zero-order chi connectivity index (χ0) is 13.8. The molecule has 1 aliphatic rings. The second-order valence-corrected chi connectivity index (χ2v) is 6.25. The topological polar surface area (TPSA) is 56.7 Å². The van der Waals surface area contributed by atoms with Gasteiger partial charge in [-0.15, -0.1) is 11.3 Å². The van der Waals surface area contributed by atoms with Gasteiger partial charge in [-0.3, -0.25) is 4.79 Å². The van der Waals surface area contributed by atoms with Crippen molar-refractivity contribution in [1.82, 2.24) is 14.8 Å². The van der Waals surface area contributed by atoms with Gasteiger partial charge in [-0.2, -0.15) is 0 Å². The molecule has 0 bridgehead atoms. The van der Waals surface area contributed by atoms with Crippen molar-refractivity contribution in [3.63, 3.8) is 0 Å². The lowest BCUT2D eigenvalue weighted by Crippen LogP contribution is -2.45. The Balaban J connectivity index is 1.84. The molecule has 2 rings (SSSR count). The monoisotopic (exact) mass is 283 g/mol. The molecule has 2 heterocycles. The number of likely N-dealkylation sites (N-methyl/N-ethyl adjacent to an activating group) is 1. The number of nitrogens with zero attached hydrogens (tertiary/aromatic N) is 3. The van der Waals surface area contributed by atoms with Crippen LogP contribution in [0.2, 0.25) is 0 Å². The summed E-state index contributed by atoms with van der Waals surface area (Å²) in [5.41, 5.74) is 0.876. The highest BCUT2D eigenvalue weighted by atomic mass is 32.1. The lowest BCUT2D eigenvalue weighted by Gasteiger charge is -2.32. The van der Waals surface area contributed by atoms with Crippen LogP contribution in [0, 0.1) is 6.92 Å². The maximum absolute atomic E-state index is 10.7. The van der Waals surface area contributed by atoms with Crippen LogP contribution in [0.1, 0.15) is 15.6 Å². The third-order valence-electron chi connectivity index (χ3n) is 3.49. The largest absolute Gasteiger partial charge is 0.481 e. The molecule has 19 heavy (non-hydrogen) atoms. The third kappa shape index (κ3) is 4.26. The predicted octanol–water partition coefficient (Wildman–Crippen LogP) is 0.869. The summed E-state index contributed by atoms with van der Waals surface area (Å²) in [5.74, 6) is -0.780.